The van der Waals surface area contributed by atoms with Crippen LogP contribution in [0.25, 0.3) is 10.8 Å². The molecule has 0 amide bonds. The molecule has 1 aromatic carbocycles. The molecule has 2 N–H and O–H groups in total. The number of pyridine rings is 1. The molecule has 0 aliphatic heterocycles. The third-order valence-corrected chi connectivity index (χ3v) is 3.07. The number of aromatic hydroxyl groups is 1. The van der Waals surface area contributed by atoms with Crippen molar-refractivity contribution in [2.24, 2.45) is 0 Å². The monoisotopic (exact) mass is 259 g/mol. The maximum Gasteiger partial charge on any atom is 0.133 e. The highest BCUT2D eigenvalue weighted by atomic mass is 16.3. The Balaban J connectivity index is 1.98. The van der Waals surface area contributed by atoms with Crippen LogP contribution in [-0.4, -0.2) is 42.2 Å². The van der Waals surface area contributed by atoms with Crippen LogP contribution in [0.4, 0.5) is 5.82 Å². The predicted octanol–water partition coefficient (Wildman–Crippen LogP) is 2.69. The highest BCUT2D eigenvalue weighted by molar-refractivity contribution is 5.92. The topological polar surface area (TPSA) is 48.4 Å². The van der Waals surface area contributed by atoms with Crippen LogP contribution in [0.15, 0.2) is 30.5 Å². The Morgan fingerprint density at radius 3 is 2.84 bits per heavy atom. The Kier molecular flexibility index (Phi) is 4.58. The lowest BCUT2D eigenvalue weighted by Crippen LogP contribution is -2.14. The summed E-state index contributed by atoms with van der Waals surface area (Å²) >= 11 is 0. The third kappa shape index (κ3) is 3.83. The standard InChI is InChI=1S/C15H21N3O/c1-18(2)10-4-3-8-16-15-14-11-13(19)6-5-12(14)7-9-17-15/h5-7,9,11,19H,3-4,8,10H2,1-2H3,(H,16,17). The van der Waals surface area contributed by atoms with Crippen LogP contribution in [0.1, 0.15) is 12.8 Å². The molecule has 4 nitrogen and oxygen atoms in total. The Morgan fingerprint density at radius 2 is 2.05 bits per heavy atom. The number of nitrogens with one attached hydrogen (secondary N) is 1. The van der Waals surface area contributed by atoms with Crippen LogP contribution in [0.5, 0.6) is 5.75 Å². The van der Waals surface area contributed by atoms with Crippen molar-refractivity contribution in [1.82, 2.24) is 9.88 Å². The summed E-state index contributed by atoms with van der Waals surface area (Å²) in [5.74, 6) is 1.12. The van der Waals surface area contributed by atoms with Crippen molar-refractivity contribution in [3.8, 4) is 5.75 Å². The van der Waals surface area contributed by atoms with E-state index >= 15 is 0 Å². The zero-order chi connectivity index (χ0) is 13.7. The van der Waals surface area contributed by atoms with Gasteiger partial charge < -0.3 is 15.3 Å². The van der Waals surface area contributed by atoms with Gasteiger partial charge in [-0.25, -0.2) is 4.98 Å². The van der Waals surface area contributed by atoms with E-state index < -0.39 is 0 Å². The second-order valence-corrected chi connectivity index (χ2v) is 5.00. The van der Waals surface area contributed by atoms with Crippen molar-refractivity contribution in [2.45, 2.75) is 12.8 Å². The van der Waals surface area contributed by atoms with Gasteiger partial charge in [0.15, 0.2) is 0 Å². The molecule has 0 spiro atoms. The summed E-state index contributed by atoms with van der Waals surface area (Å²) in [6.45, 7) is 2.00. The first-order valence-electron chi connectivity index (χ1n) is 6.63. The van der Waals surface area contributed by atoms with Crippen LogP contribution < -0.4 is 5.32 Å². The fourth-order valence-corrected chi connectivity index (χ4v) is 2.06. The predicted molar refractivity (Wildman–Crippen MR) is 79.7 cm³/mol. The summed E-state index contributed by atoms with van der Waals surface area (Å²) in [7, 11) is 4.17. The Bertz CT molecular complexity index is 540. The number of anilines is 1. The van der Waals surface area contributed by atoms with Gasteiger partial charge in [-0.05, 0) is 57.1 Å². The number of aromatic nitrogens is 1. The Morgan fingerprint density at radius 1 is 1.21 bits per heavy atom. The van der Waals surface area contributed by atoms with Gasteiger partial charge in [0, 0.05) is 18.1 Å². The van der Waals surface area contributed by atoms with Crippen LogP contribution in [0.2, 0.25) is 0 Å². The van der Waals surface area contributed by atoms with Gasteiger partial charge in [0.2, 0.25) is 0 Å². The zero-order valence-electron chi connectivity index (χ0n) is 11.6. The van der Waals surface area contributed by atoms with Gasteiger partial charge in [-0.2, -0.15) is 0 Å². The molecule has 2 aromatic rings. The smallest absolute Gasteiger partial charge is 0.133 e. The maximum atomic E-state index is 9.56. The van der Waals surface area contributed by atoms with E-state index in [9.17, 15) is 5.11 Å². The number of phenolic OH excluding ortho intramolecular Hbond substituents is 1. The summed E-state index contributed by atoms with van der Waals surface area (Å²) in [5.41, 5.74) is 0. The van der Waals surface area contributed by atoms with E-state index in [1.165, 1.54) is 0 Å². The molecular weight excluding hydrogens is 238 g/mol. The molecular formula is C15H21N3O. The lowest BCUT2D eigenvalue weighted by molar-refractivity contribution is 0.396. The molecule has 0 unspecified atom stereocenters. The minimum atomic E-state index is 0.274. The molecule has 0 fully saturated rings. The van der Waals surface area contributed by atoms with E-state index in [-0.39, 0.29) is 5.75 Å². The molecule has 0 radical (unpaired) electrons. The van der Waals surface area contributed by atoms with E-state index in [4.69, 9.17) is 0 Å². The van der Waals surface area contributed by atoms with E-state index in [0.717, 1.165) is 42.5 Å². The maximum absolute atomic E-state index is 9.56. The van der Waals surface area contributed by atoms with Crippen LogP contribution >= 0.6 is 0 Å². The molecule has 19 heavy (non-hydrogen) atoms. The summed E-state index contributed by atoms with van der Waals surface area (Å²) in [6, 6.07) is 7.31. The Hall–Kier alpha value is -1.81. The molecule has 1 heterocycles. The number of fused-ring (bicyclic) bond motifs is 1. The highest BCUT2D eigenvalue weighted by Gasteiger charge is 2.02. The van der Waals surface area contributed by atoms with E-state index in [2.05, 4.69) is 29.3 Å². The minimum absolute atomic E-state index is 0.274. The van der Waals surface area contributed by atoms with Crippen molar-refractivity contribution in [1.29, 1.82) is 0 Å². The number of phenols is 1. The molecule has 0 saturated carbocycles. The van der Waals surface area contributed by atoms with Crippen LogP contribution in [-0.2, 0) is 0 Å². The van der Waals surface area contributed by atoms with Crippen molar-refractivity contribution < 1.29 is 5.11 Å². The number of unbranched alkanes of at least 4 members (excludes halogenated alkanes) is 1. The van der Waals surface area contributed by atoms with Gasteiger partial charge in [-0.15, -0.1) is 0 Å². The lowest BCUT2D eigenvalue weighted by Gasteiger charge is -2.11. The Labute approximate surface area is 114 Å². The van der Waals surface area contributed by atoms with Crippen molar-refractivity contribution in [3.05, 3.63) is 30.5 Å². The van der Waals surface area contributed by atoms with Gasteiger partial charge in [-0.1, -0.05) is 6.07 Å². The molecule has 0 saturated heterocycles. The highest BCUT2D eigenvalue weighted by Crippen LogP contribution is 2.24. The average Bonchev–Trinajstić information content (AvgIpc) is 2.38. The number of benzene rings is 1. The van der Waals surface area contributed by atoms with E-state index in [0.29, 0.717) is 0 Å². The largest absolute Gasteiger partial charge is 0.508 e. The van der Waals surface area contributed by atoms with Crippen molar-refractivity contribution >= 4 is 16.6 Å². The molecule has 0 bridgehead atoms. The fourth-order valence-electron chi connectivity index (χ4n) is 2.06. The number of hydrogen-bond acceptors (Lipinski definition) is 4. The summed E-state index contributed by atoms with van der Waals surface area (Å²) in [5, 5.41) is 15.0. The lowest BCUT2D eigenvalue weighted by atomic mass is 10.1. The molecule has 102 valence electrons. The summed E-state index contributed by atoms with van der Waals surface area (Å²) in [6.07, 6.45) is 4.06. The first kappa shape index (κ1) is 13.6. The number of rotatable bonds is 6. The van der Waals surface area contributed by atoms with E-state index in [1.807, 2.05) is 12.1 Å². The third-order valence-electron chi connectivity index (χ3n) is 3.07. The second kappa shape index (κ2) is 6.38. The van der Waals surface area contributed by atoms with Gasteiger partial charge in [0.05, 0.1) is 0 Å². The van der Waals surface area contributed by atoms with Crippen molar-refractivity contribution in [3.63, 3.8) is 0 Å². The molecule has 0 aliphatic rings. The minimum Gasteiger partial charge on any atom is -0.508 e. The van der Waals surface area contributed by atoms with Gasteiger partial charge in [0.1, 0.15) is 11.6 Å². The first-order chi connectivity index (χ1) is 9.16. The van der Waals surface area contributed by atoms with Crippen LogP contribution in [0.3, 0.4) is 0 Å². The first-order valence-corrected chi connectivity index (χ1v) is 6.63. The molecule has 2 rings (SSSR count). The second-order valence-electron chi connectivity index (χ2n) is 5.00. The summed E-state index contributed by atoms with van der Waals surface area (Å²) in [4.78, 5) is 6.54. The molecule has 1 aromatic heterocycles. The molecule has 4 heteroatoms. The fraction of sp³-hybridized carbons (Fsp3) is 0.400. The average molecular weight is 259 g/mol. The molecule has 0 aliphatic carbocycles. The van der Waals surface area contributed by atoms with E-state index in [1.54, 1.807) is 18.3 Å². The normalized spacial score (nSPS) is 11.1. The van der Waals surface area contributed by atoms with Gasteiger partial charge in [0.25, 0.3) is 0 Å². The number of nitrogens with zero attached hydrogens (tertiary/aromatic N) is 2. The number of hydrogen-bond donors (Lipinski definition) is 2. The molecule has 0 atom stereocenters. The van der Waals surface area contributed by atoms with Crippen LogP contribution in [0, 0.1) is 0 Å². The SMILES string of the molecule is CN(C)CCCCNc1nccc2ccc(O)cc12. The zero-order valence-corrected chi connectivity index (χ0v) is 11.6. The quantitative estimate of drug-likeness (QED) is 0.783. The van der Waals surface area contributed by atoms with Crippen molar-refractivity contribution in [2.75, 3.05) is 32.5 Å². The summed E-state index contributed by atoms with van der Waals surface area (Å²) < 4.78 is 0. The van der Waals surface area contributed by atoms with Gasteiger partial charge >= 0.3 is 0 Å². The van der Waals surface area contributed by atoms with Gasteiger partial charge in [-0.3, -0.25) is 0 Å².